The second-order valence-electron chi connectivity index (χ2n) is 2.99. The lowest BCUT2D eigenvalue weighted by Gasteiger charge is -2.04. The number of nitrogens with zero attached hydrogens (tertiary/aromatic N) is 1. The van der Waals surface area contributed by atoms with Gasteiger partial charge in [0.25, 0.3) is 0 Å². The van der Waals surface area contributed by atoms with E-state index >= 15 is 0 Å². The highest BCUT2D eigenvalue weighted by molar-refractivity contribution is 8.13. The maximum atomic E-state index is 10.7. The summed E-state index contributed by atoms with van der Waals surface area (Å²) in [6, 6.07) is 3.49. The van der Waals surface area contributed by atoms with Crippen LogP contribution in [-0.4, -0.2) is 30.1 Å². The molecule has 1 aromatic heterocycles. The van der Waals surface area contributed by atoms with Crippen LogP contribution in [0.15, 0.2) is 12.1 Å². The summed E-state index contributed by atoms with van der Waals surface area (Å²) in [7, 11) is 3.06. The summed E-state index contributed by atoms with van der Waals surface area (Å²) >= 11 is 1.17. The van der Waals surface area contributed by atoms with Crippen LogP contribution >= 0.6 is 11.8 Å². The summed E-state index contributed by atoms with van der Waals surface area (Å²) < 4.78 is 10.1. The lowest BCUT2D eigenvalue weighted by molar-refractivity contribution is -0.109. The van der Waals surface area contributed by atoms with Gasteiger partial charge in [-0.1, -0.05) is 23.6 Å². The van der Waals surface area contributed by atoms with E-state index in [0.717, 1.165) is 0 Å². The first kappa shape index (κ1) is 13.4. The highest BCUT2D eigenvalue weighted by atomic mass is 32.2. The third-order valence-corrected chi connectivity index (χ3v) is 2.50. The first-order valence-electron chi connectivity index (χ1n) is 4.88. The maximum absolute atomic E-state index is 10.7. The number of hydrogen-bond acceptors (Lipinski definition) is 5. The van der Waals surface area contributed by atoms with E-state index in [1.165, 1.54) is 32.9 Å². The van der Waals surface area contributed by atoms with Gasteiger partial charge in [0.05, 0.1) is 25.5 Å². The molecular weight excluding hydrogens is 238 g/mol. The fourth-order valence-corrected chi connectivity index (χ4v) is 1.40. The van der Waals surface area contributed by atoms with Gasteiger partial charge in [0.2, 0.25) is 11.8 Å². The van der Waals surface area contributed by atoms with Crippen molar-refractivity contribution in [1.29, 1.82) is 0 Å². The van der Waals surface area contributed by atoms with Crippen LogP contribution in [0.2, 0.25) is 0 Å². The first-order chi connectivity index (χ1) is 8.17. The third kappa shape index (κ3) is 4.37. The Morgan fingerprint density at radius 2 is 2.18 bits per heavy atom. The molecule has 0 aliphatic carbocycles. The summed E-state index contributed by atoms with van der Waals surface area (Å²) in [6.45, 7) is 1.52. The maximum Gasteiger partial charge on any atom is 0.232 e. The Morgan fingerprint density at radius 3 is 2.76 bits per heavy atom. The minimum atomic E-state index is 0.0547. The fraction of sp³-hybridized carbons (Fsp3) is 0.333. The molecule has 0 aliphatic rings. The minimum Gasteiger partial charge on any atom is -0.481 e. The molecule has 0 spiro atoms. The number of aromatic nitrogens is 1. The van der Waals surface area contributed by atoms with Crippen molar-refractivity contribution >= 4 is 16.9 Å². The van der Waals surface area contributed by atoms with Gasteiger partial charge in [-0.3, -0.25) is 4.79 Å². The molecule has 0 unspecified atom stereocenters. The molecule has 0 radical (unpaired) electrons. The largest absolute Gasteiger partial charge is 0.481 e. The van der Waals surface area contributed by atoms with Gasteiger partial charge in [0.1, 0.15) is 0 Å². The van der Waals surface area contributed by atoms with Crippen molar-refractivity contribution in [2.45, 2.75) is 6.92 Å². The highest BCUT2D eigenvalue weighted by Crippen LogP contribution is 2.18. The summed E-state index contributed by atoms with van der Waals surface area (Å²) in [5.74, 6) is 7.14. The van der Waals surface area contributed by atoms with Crippen molar-refractivity contribution in [2.75, 3.05) is 20.0 Å². The van der Waals surface area contributed by atoms with Crippen molar-refractivity contribution < 1.29 is 14.3 Å². The van der Waals surface area contributed by atoms with Gasteiger partial charge < -0.3 is 9.47 Å². The molecule has 0 bridgehead atoms. The van der Waals surface area contributed by atoms with Crippen LogP contribution < -0.4 is 9.47 Å². The van der Waals surface area contributed by atoms with E-state index in [1.807, 2.05) is 0 Å². The predicted octanol–water partition coefficient (Wildman–Crippen LogP) is 1.73. The zero-order valence-electron chi connectivity index (χ0n) is 9.94. The zero-order valence-corrected chi connectivity index (χ0v) is 10.8. The minimum absolute atomic E-state index is 0.0547. The highest BCUT2D eigenvalue weighted by Gasteiger charge is 2.03. The molecule has 5 heteroatoms. The Kier molecular flexibility index (Phi) is 5.37. The van der Waals surface area contributed by atoms with Crippen molar-refractivity contribution in [3.05, 3.63) is 17.7 Å². The Labute approximate surface area is 105 Å². The van der Waals surface area contributed by atoms with Gasteiger partial charge >= 0.3 is 0 Å². The molecule has 4 nitrogen and oxygen atoms in total. The quantitative estimate of drug-likeness (QED) is 0.766. The smallest absolute Gasteiger partial charge is 0.232 e. The van der Waals surface area contributed by atoms with Gasteiger partial charge in [0.15, 0.2) is 5.12 Å². The summed E-state index contributed by atoms with van der Waals surface area (Å²) in [5.41, 5.74) is 0.678. The molecule has 1 rings (SSSR count). The Bertz CT molecular complexity index is 463. The SMILES string of the molecule is COc1ccc(C#CCSC(C)=O)c(OC)n1. The number of carbonyl (C=O) groups is 1. The Hall–Kier alpha value is -1.67. The number of carbonyl (C=O) groups excluding carboxylic acids is 1. The molecule has 1 aromatic rings. The van der Waals surface area contributed by atoms with E-state index in [2.05, 4.69) is 16.8 Å². The van der Waals surface area contributed by atoms with Crippen LogP contribution in [0.25, 0.3) is 0 Å². The van der Waals surface area contributed by atoms with Crippen LogP contribution in [-0.2, 0) is 4.79 Å². The van der Waals surface area contributed by atoms with Gasteiger partial charge in [-0.15, -0.1) is 0 Å². The van der Waals surface area contributed by atoms with E-state index in [-0.39, 0.29) is 5.12 Å². The second-order valence-corrected chi connectivity index (χ2v) is 4.14. The number of hydrogen-bond donors (Lipinski definition) is 0. The number of ether oxygens (including phenoxy) is 2. The van der Waals surface area contributed by atoms with Crippen LogP contribution in [0.1, 0.15) is 12.5 Å². The molecule has 0 aromatic carbocycles. The fourth-order valence-electron chi connectivity index (χ4n) is 1.06. The number of methoxy groups -OCH3 is 2. The van der Waals surface area contributed by atoms with Crippen molar-refractivity contribution in [1.82, 2.24) is 4.98 Å². The topological polar surface area (TPSA) is 48.4 Å². The van der Waals surface area contributed by atoms with Crippen LogP contribution in [0.5, 0.6) is 11.8 Å². The van der Waals surface area contributed by atoms with Crippen molar-refractivity contribution in [3.63, 3.8) is 0 Å². The molecule has 0 saturated carbocycles. The molecule has 0 aliphatic heterocycles. The van der Waals surface area contributed by atoms with Crippen LogP contribution in [0.3, 0.4) is 0 Å². The molecule has 0 fully saturated rings. The Morgan fingerprint density at radius 1 is 1.41 bits per heavy atom. The van der Waals surface area contributed by atoms with E-state index < -0.39 is 0 Å². The molecule has 0 amide bonds. The molecule has 17 heavy (non-hydrogen) atoms. The average molecular weight is 251 g/mol. The number of rotatable bonds is 3. The summed E-state index contributed by atoms with van der Waals surface area (Å²) in [6.07, 6.45) is 0. The predicted molar refractivity (Wildman–Crippen MR) is 67.4 cm³/mol. The lowest BCUT2D eigenvalue weighted by Crippen LogP contribution is -1.95. The zero-order chi connectivity index (χ0) is 12.7. The molecule has 0 N–H and O–H groups in total. The van der Waals surface area contributed by atoms with Gasteiger partial charge in [-0.05, 0) is 6.07 Å². The van der Waals surface area contributed by atoms with Gasteiger partial charge in [0, 0.05) is 13.0 Å². The Balaban J connectivity index is 2.79. The normalized spacial score (nSPS) is 9.12. The molecular formula is C12H13NO3S. The number of thioether (sulfide) groups is 1. The molecule has 1 heterocycles. The molecule has 90 valence electrons. The second kappa shape index (κ2) is 6.81. The molecule has 0 saturated heterocycles. The average Bonchev–Trinajstić information content (AvgIpc) is 2.34. The van der Waals surface area contributed by atoms with E-state index in [4.69, 9.17) is 9.47 Å². The van der Waals surface area contributed by atoms with Crippen LogP contribution in [0, 0.1) is 11.8 Å². The standard InChI is InChI=1S/C12H13NO3S/c1-9(14)17-8-4-5-10-6-7-11(15-2)13-12(10)16-3/h6-7H,8H2,1-3H3. The lowest BCUT2D eigenvalue weighted by atomic mass is 10.3. The van der Waals surface area contributed by atoms with Crippen molar-refractivity contribution in [3.8, 4) is 23.6 Å². The van der Waals surface area contributed by atoms with Crippen molar-refractivity contribution in [2.24, 2.45) is 0 Å². The third-order valence-electron chi connectivity index (χ3n) is 1.81. The van der Waals surface area contributed by atoms with Crippen LogP contribution in [0.4, 0.5) is 0 Å². The van der Waals surface area contributed by atoms with E-state index in [0.29, 0.717) is 23.1 Å². The van der Waals surface area contributed by atoms with E-state index in [1.54, 1.807) is 12.1 Å². The van der Waals surface area contributed by atoms with Gasteiger partial charge in [-0.25, -0.2) is 0 Å². The monoisotopic (exact) mass is 251 g/mol. The molecule has 0 atom stereocenters. The first-order valence-corrected chi connectivity index (χ1v) is 5.87. The van der Waals surface area contributed by atoms with E-state index in [9.17, 15) is 4.79 Å². The summed E-state index contributed by atoms with van der Waals surface area (Å²) in [4.78, 5) is 14.8. The number of pyridine rings is 1. The van der Waals surface area contributed by atoms with Gasteiger partial charge in [-0.2, -0.15) is 4.98 Å². The summed E-state index contributed by atoms with van der Waals surface area (Å²) in [5, 5.41) is 0.0547.